The van der Waals surface area contributed by atoms with Crippen LogP contribution < -0.4 is 5.32 Å². The highest BCUT2D eigenvalue weighted by Crippen LogP contribution is 2.58. The first kappa shape index (κ1) is 19.1. The second kappa shape index (κ2) is 8.83. The molecule has 3 fully saturated rings. The summed E-state index contributed by atoms with van der Waals surface area (Å²) in [5.41, 5.74) is 0.577. The maximum Gasteiger partial charge on any atom is 0.219 e. The van der Waals surface area contributed by atoms with Crippen LogP contribution in [0, 0.1) is 11.3 Å². The summed E-state index contributed by atoms with van der Waals surface area (Å²) in [4.78, 5) is 19.3. The predicted octanol–water partition coefficient (Wildman–Crippen LogP) is 1.64. The van der Waals surface area contributed by atoms with Gasteiger partial charge in [-0.15, -0.1) is 0 Å². The molecular weight excluding hydrogens is 312 g/mol. The lowest BCUT2D eigenvalue weighted by Gasteiger charge is -2.36. The van der Waals surface area contributed by atoms with Crippen molar-refractivity contribution in [3.8, 4) is 0 Å². The van der Waals surface area contributed by atoms with Crippen LogP contribution in [0.4, 0.5) is 0 Å². The van der Waals surface area contributed by atoms with Crippen LogP contribution in [0.25, 0.3) is 0 Å². The van der Waals surface area contributed by atoms with Crippen LogP contribution in [-0.2, 0) is 4.79 Å². The molecule has 5 heteroatoms. The van der Waals surface area contributed by atoms with Gasteiger partial charge in [-0.05, 0) is 69.7 Å². The lowest BCUT2D eigenvalue weighted by atomic mass is 9.90. The fourth-order valence-corrected chi connectivity index (χ4v) is 4.76. The Morgan fingerprint density at radius 2 is 1.56 bits per heavy atom. The Labute approximate surface area is 154 Å². The van der Waals surface area contributed by atoms with Gasteiger partial charge in [0.05, 0.1) is 0 Å². The molecule has 25 heavy (non-hydrogen) atoms. The van der Waals surface area contributed by atoms with Crippen molar-refractivity contribution in [3.05, 3.63) is 0 Å². The highest BCUT2D eigenvalue weighted by atomic mass is 16.1. The summed E-state index contributed by atoms with van der Waals surface area (Å²) < 4.78 is 0. The van der Waals surface area contributed by atoms with E-state index in [4.69, 9.17) is 0 Å². The largest absolute Gasteiger partial charge is 0.356 e. The first-order chi connectivity index (χ1) is 12.1. The molecule has 0 bridgehead atoms. The number of piperazine rings is 1. The van der Waals surface area contributed by atoms with Gasteiger partial charge in [0.25, 0.3) is 0 Å². The van der Waals surface area contributed by atoms with Crippen molar-refractivity contribution >= 4 is 5.91 Å². The van der Waals surface area contributed by atoms with E-state index in [1.807, 2.05) is 6.92 Å². The Balaban J connectivity index is 1.26. The zero-order chi connectivity index (χ0) is 17.7. The van der Waals surface area contributed by atoms with Gasteiger partial charge in [-0.2, -0.15) is 0 Å². The standard InChI is InChI=1S/C20H38N4O/c1-3-19(25)21-17-18-16-20(18)6-10-23(11-7-20)8-5-9-24-14-12-22(4-2)13-15-24/h18H,3-17H2,1-2H3,(H,21,25). The highest BCUT2D eigenvalue weighted by Gasteiger charge is 2.54. The average molecular weight is 351 g/mol. The van der Waals surface area contributed by atoms with Crippen molar-refractivity contribution < 1.29 is 4.79 Å². The Bertz CT molecular complexity index is 425. The van der Waals surface area contributed by atoms with E-state index in [1.54, 1.807) is 0 Å². The van der Waals surface area contributed by atoms with E-state index < -0.39 is 0 Å². The maximum atomic E-state index is 11.4. The van der Waals surface area contributed by atoms with Crippen LogP contribution in [0.15, 0.2) is 0 Å². The van der Waals surface area contributed by atoms with Crippen LogP contribution in [-0.4, -0.2) is 86.1 Å². The molecule has 3 aliphatic rings. The number of piperidine rings is 1. The Kier molecular flexibility index (Phi) is 6.75. The Hall–Kier alpha value is -0.650. The van der Waals surface area contributed by atoms with E-state index in [0.717, 1.165) is 12.5 Å². The number of likely N-dealkylation sites (tertiary alicyclic amines) is 1. The summed E-state index contributed by atoms with van der Waals surface area (Å²) in [6.45, 7) is 16.4. The molecule has 1 atom stereocenters. The molecule has 144 valence electrons. The SMILES string of the molecule is CCC(=O)NCC1CC12CCN(CCCN1CCN(CC)CC1)CC2. The molecule has 2 saturated heterocycles. The van der Waals surface area contributed by atoms with Crippen molar-refractivity contribution in [2.45, 2.75) is 46.0 Å². The molecule has 0 aromatic heterocycles. The zero-order valence-corrected chi connectivity index (χ0v) is 16.4. The van der Waals surface area contributed by atoms with E-state index in [1.165, 1.54) is 84.6 Å². The van der Waals surface area contributed by atoms with Crippen LogP contribution in [0.1, 0.15) is 46.0 Å². The Morgan fingerprint density at radius 1 is 0.960 bits per heavy atom. The summed E-state index contributed by atoms with van der Waals surface area (Å²) >= 11 is 0. The van der Waals surface area contributed by atoms with Crippen LogP contribution in [0.5, 0.6) is 0 Å². The number of hydrogen-bond donors (Lipinski definition) is 1. The van der Waals surface area contributed by atoms with Gasteiger partial charge in [0.15, 0.2) is 0 Å². The number of likely N-dealkylation sites (N-methyl/N-ethyl adjacent to an activating group) is 1. The minimum atomic E-state index is 0.208. The van der Waals surface area contributed by atoms with Gasteiger partial charge in [0, 0.05) is 39.1 Å². The van der Waals surface area contributed by atoms with E-state index in [2.05, 4.69) is 26.9 Å². The van der Waals surface area contributed by atoms with Gasteiger partial charge < -0.3 is 20.0 Å². The van der Waals surface area contributed by atoms with Gasteiger partial charge in [0.2, 0.25) is 5.91 Å². The molecule has 2 heterocycles. The average Bonchev–Trinajstić information content (AvgIpc) is 3.34. The van der Waals surface area contributed by atoms with Crippen molar-refractivity contribution in [3.63, 3.8) is 0 Å². The fourth-order valence-electron chi connectivity index (χ4n) is 4.76. The van der Waals surface area contributed by atoms with Gasteiger partial charge in [-0.25, -0.2) is 0 Å². The van der Waals surface area contributed by atoms with Gasteiger partial charge in [0.1, 0.15) is 0 Å². The summed E-state index contributed by atoms with van der Waals surface area (Å²) in [7, 11) is 0. The maximum absolute atomic E-state index is 11.4. The first-order valence-electron chi connectivity index (χ1n) is 10.6. The molecular formula is C20H38N4O. The van der Waals surface area contributed by atoms with E-state index in [-0.39, 0.29) is 5.91 Å². The number of nitrogens with one attached hydrogen (secondary N) is 1. The highest BCUT2D eigenvalue weighted by molar-refractivity contribution is 5.75. The van der Waals surface area contributed by atoms with E-state index in [9.17, 15) is 4.79 Å². The third-order valence-electron chi connectivity index (χ3n) is 6.94. The first-order valence-corrected chi connectivity index (χ1v) is 10.6. The monoisotopic (exact) mass is 350 g/mol. The number of rotatable bonds is 8. The Morgan fingerprint density at radius 3 is 2.16 bits per heavy atom. The molecule has 0 aromatic carbocycles. The number of nitrogens with zero attached hydrogens (tertiary/aromatic N) is 3. The normalized spacial score (nSPS) is 27.5. The van der Waals surface area contributed by atoms with Crippen molar-refractivity contribution in [1.82, 2.24) is 20.0 Å². The second-order valence-corrected chi connectivity index (χ2v) is 8.39. The zero-order valence-electron chi connectivity index (χ0n) is 16.4. The lowest BCUT2D eigenvalue weighted by Crippen LogP contribution is -2.46. The topological polar surface area (TPSA) is 38.8 Å². The summed E-state index contributed by atoms with van der Waals surface area (Å²) in [6, 6.07) is 0. The van der Waals surface area contributed by atoms with Gasteiger partial charge in [-0.1, -0.05) is 13.8 Å². The molecule has 3 rings (SSSR count). The molecule has 0 radical (unpaired) electrons. The smallest absolute Gasteiger partial charge is 0.219 e. The molecule has 1 unspecified atom stereocenters. The van der Waals surface area contributed by atoms with Crippen molar-refractivity contribution in [2.75, 3.05) is 65.4 Å². The van der Waals surface area contributed by atoms with Crippen LogP contribution in [0.3, 0.4) is 0 Å². The molecule has 1 N–H and O–H groups in total. The molecule has 1 aliphatic carbocycles. The quantitative estimate of drug-likeness (QED) is 0.722. The lowest BCUT2D eigenvalue weighted by molar-refractivity contribution is -0.120. The van der Waals surface area contributed by atoms with E-state index in [0.29, 0.717) is 11.8 Å². The van der Waals surface area contributed by atoms with E-state index >= 15 is 0 Å². The minimum absolute atomic E-state index is 0.208. The van der Waals surface area contributed by atoms with Crippen LogP contribution >= 0.6 is 0 Å². The summed E-state index contributed by atoms with van der Waals surface area (Å²) in [6.07, 6.45) is 5.95. The molecule has 1 spiro atoms. The fraction of sp³-hybridized carbons (Fsp3) is 0.950. The molecule has 2 aliphatic heterocycles. The predicted molar refractivity (Wildman–Crippen MR) is 103 cm³/mol. The van der Waals surface area contributed by atoms with Crippen molar-refractivity contribution in [1.29, 1.82) is 0 Å². The van der Waals surface area contributed by atoms with Crippen LogP contribution in [0.2, 0.25) is 0 Å². The van der Waals surface area contributed by atoms with Crippen molar-refractivity contribution in [2.24, 2.45) is 11.3 Å². The molecule has 0 aromatic rings. The molecule has 1 saturated carbocycles. The number of amides is 1. The summed E-state index contributed by atoms with van der Waals surface area (Å²) in [5, 5.41) is 3.09. The van der Waals surface area contributed by atoms with Gasteiger partial charge in [-0.3, -0.25) is 4.79 Å². The number of hydrogen-bond acceptors (Lipinski definition) is 4. The minimum Gasteiger partial charge on any atom is -0.356 e. The molecule has 5 nitrogen and oxygen atoms in total. The number of carbonyl (C=O) groups is 1. The van der Waals surface area contributed by atoms with Gasteiger partial charge >= 0.3 is 0 Å². The third-order valence-corrected chi connectivity index (χ3v) is 6.94. The summed E-state index contributed by atoms with van der Waals surface area (Å²) in [5.74, 6) is 0.958. The number of carbonyl (C=O) groups excluding carboxylic acids is 1. The molecule has 1 amide bonds. The third kappa shape index (κ3) is 5.18. The second-order valence-electron chi connectivity index (χ2n) is 8.39.